The van der Waals surface area contributed by atoms with E-state index in [1.807, 2.05) is 4.90 Å². The minimum atomic E-state index is -4.65. The van der Waals surface area contributed by atoms with Crippen molar-refractivity contribution in [1.82, 2.24) is 15.2 Å². The molecule has 174 valence electrons. The Morgan fingerprint density at radius 3 is 2.79 bits per heavy atom. The number of benzene rings is 1. The number of nitrogens with two attached hydrogens (primary N) is 1. The normalized spacial score (nSPS) is 17.5. The molecule has 1 aromatic heterocycles. The van der Waals surface area contributed by atoms with Gasteiger partial charge in [-0.3, -0.25) is 4.99 Å². The van der Waals surface area contributed by atoms with Gasteiger partial charge in [-0.2, -0.15) is 13.2 Å². The van der Waals surface area contributed by atoms with Gasteiger partial charge in [0.25, 0.3) is 0 Å². The molecule has 3 aliphatic heterocycles. The van der Waals surface area contributed by atoms with Gasteiger partial charge in [-0.15, -0.1) is 0 Å². The maximum atomic E-state index is 13.9. The third-order valence-electron chi connectivity index (χ3n) is 5.94. The van der Waals surface area contributed by atoms with E-state index >= 15 is 0 Å². The Hall–Kier alpha value is -2.98. The molecule has 0 aliphatic carbocycles. The molecule has 0 atom stereocenters. The zero-order valence-corrected chi connectivity index (χ0v) is 18.4. The molecule has 0 spiro atoms. The summed E-state index contributed by atoms with van der Waals surface area (Å²) in [4.78, 5) is 10.5. The summed E-state index contributed by atoms with van der Waals surface area (Å²) in [5.41, 5.74) is 4.87. The van der Waals surface area contributed by atoms with Crippen molar-refractivity contribution in [2.24, 2.45) is 10.9 Å². The third-order valence-corrected chi connectivity index (χ3v) is 6.33. The molecule has 1 saturated heterocycles. The van der Waals surface area contributed by atoms with Crippen LogP contribution >= 0.6 is 11.6 Å². The van der Waals surface area contributed by atoms with Crippen molar-refractivity contribution in [2.75, 3.05) is 32.2 Å². The predicted molar refractivity (Wildman–Crippen MR) is 116 cm³/mol. The summed E-state index contributed by atoms with van der Waals surface area (Å²) in [5.74, 6) is 1.57. The maximum absolute atomic E-state index is 13.9. The molecule has 0 radical (unpaired) electrons. The summed E-state index contributed by atoms with van der Waals surface area (Å²) in [6.45, 7) is 3.90. The number of nitrogen functional groups attached to an aromatic ring is 1. The number of hydrogen-bond acceptors (Lipinski definition) is 7. The summed E-state index contributed by atoms with van der Waals surface area (Å²) in [5, 5.41) is 4.26. The van der Waals surface area contributed by atoms with Crippen LogP contribution in [0.1, 0.15) is 17.5 Å². The maximum Gasteiger partial charge on any atom is 0.418 e. The van der Waals surface area contributed by atoms with Crippen LogP contribution in [0, 0.1) is 12.8 Å². The molecule has 4 heterocycles. The molecule has 3 aliphatic rings. The molecular formula is C22H21ClF3N5O2. The highest BCUT2D eigenvalue weighted by Gasteiger charge is 2.36. The SMILES string of the molecule is Cc1cc(C(F)(F)F)c(-c2cc3c4c(c2Cl)=NCNC=4N(CCC2COC2)C=CO3)nc1N. The molecule has 5 rings (SSSR count). The molecular weight excluding hydrogens is 459 g/mol. The molecule has 33 heavy (non-hydrogen) atoms. The van der Waals surface area contributed by atoms with Crippen molar-refractivity contribution in [3.05, 3.63) is 51.3 Å². The van der Waals surface area contributed by atoms with Gasteiger partial charge in [-0.25, -0.2) is 4.98 Å². The first kappa shape index (κ1) is 21.8. The number of nitrogens with zero attached hydrogens (tertiary/aromatic N) is 3. The first-order chi connectivity index (χ1) is 15.7. The molecule has 0 amide bonds. The van der Waals surface area contributed by atoms with E-state index in [-0.39, 0.29) is 34.3 Å². The fraction of sp³-hybridized carbons (Fsp3) is 0.364. The number of rotatable bonds is 4. The highest BCUT2D eigenvalue weighted by atomic mass is 35.5. The molecule has 11 heteroatoms. The van der Waals surface area contributed by atoms with Crippen molar-refractivity contribution >= 4 is 23.2 Å². The zero-order chi connectivity index (χ0) is 23.3. The number of ether oxygens (including phenoxy) is 2. The number of pyridine rings is 1. The fourth-order valence-electron chi connectivity index (χ4n) is 4.05. The third kappa shape index (κ3) is 3.87. The van der Waals surface area contributed by atoms with E-state index in [9.17, 15) is 13.2 Å². The quantitative estimate of drug-likeness (QED) is 0.701. The summed E-state index contributed by atoms with van der Waals surface area (Å²) in [6.07, 6.45) is -0.440. The monoisotopic (exact) mass is 479 g/mol. The fourth-order valence-corrected chi connectivity index (χ4v) is 4.35. The van der Waals surface area contributed by atoms with Gasteiger partial charge in [0.1, 0.15) is 30.3 Å². The predicted octanol–water partition coefficient (Wildman–Crippen LogP) is 2.76. The minimum absolute atomic E-state index is 0.00419. The van der Waals surface area contributed by atoms with Gasteiger partial charge >= 0.3 is 6.18 Å². The van der Waals surface area contributed by atoms with Crippen molar-refractivity contribution in [3.63, 3.8) is 0 Å². The first-order valence-corrected chi connectivity index (χ1v) is 10.8. The van der Waals surface area contributed by atoms with Crippen LogP contribution in [0.3, 0.4) is 0 Å². The highest BCUT2D eigenvalue weighted by Crippen LogP contribution is 2.40. The standard InChI is InChI=1S/C22H21ClF3N5O2/c1-11-6-14(22(24,25)26)18(30-20(11)27)13-7-15-16-19(17(13)23)28-10-29-21(16)31(4-5-33-15)3-2-12-8-32-9-12/h4-7,12,29H,2-3,8-10H2,1H3,(H2,27,30). The Labute approximate surface area is 192 Å². The molecule has 7 nitrogen and oxygen atoms in total. The van der Waals surface area contributed by atoms with E-state index in [0.717, 1.165) is 31.5 Å². The van der Waals surface area contributed by atoms with Crippen molar-refractivity contribution in [3.8, 4) is 17.0 Å². The van der Waals surface area contributed by atoms with Crippen LogP contribution in [0.15, 0.2) is 29.6 Å². The molecule has 0 bridgehead atoms. The molecule has 3 N–H and O–H groups in total. The van der Waals surface area contributed by atoms with E-state index in [1.54, 1.807) is 6.20 Å². The lowest BCUT2D eigenvalue weighted by Crippen LogP contribution is -2.44. The largest absolute Gasteiger partial charge is 0.463 e. The van der Waals surface area contributed by atoms with Crippen LogP contribution in [0.4, 0.5) is 19.0 Å². The van der Waals surface area contributed by atoms with Crippen LogP contribution in [-0.4, -0.2) is 36.3 Å². The Morgan fingerprint density at radius 2 is 2.09 bits per heavy atom. The summed E-state index contributed by atoms with van der Waals surface area (Å²) >= 11 is 6.66. The number of anilines is 1. The van der Waals surface area contributed by atoms with Crippen LogP contribution in [0.5, 0.6) is 5.75 Å². The lowest BCUT2D eigenvalue weighted by molar-refractivity contribution is -0.137. The molecule has 1 aromatic carbocycles. The van der Waals surface area contributed by atoms with Crippen LogP contribution in [-0.2, 0) is 10.9 Å². The highest BCUT2D eigenvalue weighted by molar-refractivity contribution is 6.33. The van der Waals surface area contributed by atoms with Gasteiger partial charge in [0.05, 0.1) is 40.1 Å². The lowest BCUT2D eigenvalue weighted by atomic mass is 10.0. The topological polar surface area (TPSA) is 85.0 Å². The smallest absolute Gasteiger partial charge is 0.418 e. The second-order valence-electron chi connectivity index (χ2n) is 8.17. The van der Waals surface area contributed by atoms with Gasteiger partial charge in [0.15, 0.2) is 0 Å². The van der Waals surface area contributed by atoms with Crippen molar-refractivity contribution in [2.45, 2.75) is 19.5 Å². The Balaban J connectivity index is 1.69. The number of nitrogens with one attached hydrogen (secondary N) is 1. The first-order valence-electron chi connectivity index (χ1n) is 10.4. The average Bonchev–Trinajstić information content (AvgIpc) is 2.91. The van der Waals surface area contributed by atoms with Crippen molar-refractivity contribution < 1.29 is 22.6 Å². The van der Waals surface area contributed by atoms with E-state index in [1.165, 1.54) is 19.3 Å². The Kier molecular flexibility index (Phi) is 5.37. The Bertz CT molecular complexity index is 1270. The van der Waals surface area contributed by atoms with E-state index < -0.39 is 11.7 Å². The number of halogens is 4. The summed E-state index contributed by atoms with van der Waals surface area (Å²) in [6, 6.07) is 2.44. The van der Waals surface area contributed by atoms with Crippen molar-refractivity contribution in [1.29, 1.82) is 0 Å². The lowest BCUT2D eigenvalue weighted by Gasteiger charge is -2.30. The van der Waals surface area contributed by atoms with E-state index in [2.05, 4.69) is 15.3 Å². The average molecular weight is 480 g/mol. The zero-order valence-electron chi connectivity index (χ0n) is 17.7. The van der Waals surface area contributed by atoms with Gasteiger partial charge in [0, 0.05) is 24.2 Å². The van der Waals surface area contributed by atoms with Gasteiger partial charge < -0.3 is 25.4 Å². The van der Waals surface area contributed by atoms with Crippen LogP contribution in [0.2, 0.25) is 5.02 Å². The summed E-state index contributed by atoms with van der Waals surface area (Å²) in [7, 11) is 0. The van der Waals surface area contributed by atoms with Crippen LogP contribution in [0.25, 0.3) is 17.1 Å². The van der Waals surface area contributed by atoms with E-state index in [4.69, 9.17) is 26.8 Å². The molecule has 0 saturated carbocycles. The van der Waals surface area contributed by atoms with Gasteiger partial charge in [-0.1, -0.05) is 11.6 Å². The number of alkyl halides is 3. The molecule has 2 aromatic rings. The van der Waals surface area contributed by atoms with E-state index in [0.29, 0.717) is 28.8 Å². The van der Waals surface area contributed by atoms with Gasteiger partial charge in [-0.05, 0) is 31.0 Å². The Morgan fingerprint density at radius 1 is 1.30 bits per heavy atom. The molecule has 0 unspecified atom stereocenters. The number of hydrogen-bond donors (Lipinski definition) is 2. The minimum Gasteiger partial charge on any atom is -0.463 e. The molecule has 1 fully saturated rings. The number of aromatic nitrogens is 1. The number of aryl methyl sites for hydroxylation is 1. The summed E-state index contributed by atoms with van der Waals surface area (Å²) < 4.78 is 52.6. The van der Waals surface area contributed by atoms with Gasteiger partial charge in [0.2, 0.25) is 0 Å². The van der Waals surface area contributed by atoms with Crippen LogP contribution < -0.4 is 26.4 Å². The second kappa shape index (κ2) is 8.11. The second-order valence-corrected chi connectivity index (χ2v) is 8.55.